The van der Waals surface area contributed by atoms with Gasteiger partial charge in [0.25, 0.3) is 5.91 Å². The smallest absolute Gasteiger partial charge is 0.258 e. The number of sulfonamides is 1. The number of carbonyl (C=O) groups is 1. The lowest BCUT2D eigenvalue weighted by Crippen LogP contribution is -2.29. The highest BCUT2D eigenvalue weighted by molar-refractivity contribution is 7.89. The first-order chi connectivity index (χ1) is 14.3. The number of hydrogen-bond acceptors (Lipinski definition) is 3. The number of fused-ring (bicyclic) bond motifs is 1. The van der Waals surface area contributed by atoms with Crippen LogP contribution in [0.5, 0.6) is 0 Å². The number of rotatable bonds is 5. The second-order valence-electron chi connectivity index (χ2n) is 7.31. The number of carbonyl (C=O) groups excluding carboxylic acids is 1. The first-order valence-corrected chi connectivity index (χ1v) is 11.5. The molecule has 0 saturated heterocycles. The molecule has 0 radical (unpaired) electrons. The van der Waals surface area contributed by atoms with E-state index < -0.39 is 10.0 Å². The van der Waals surface area contributed by atoms with Gasteiger partial charge in [-0.1, -0.05) is 41.4 Å². The van der Waals surface area contributed by atoms with E-state index in [0.717, 1.165) is 28.8 Å². The Bertz CT molecular complexity index is 1190. The van der Waals surface area contributed by atoms with E-state index in [1.807, 2.05) is 49.4 Å². The standard InChI is InChI=1S/C23H21ClN2O3S/c1-16-2-5-19(6-3-16)23(27)26-13-12-18-7-4-17(14-22(18)26)15-25-30(28,29)21-10-8-20(24)9-11-21/h2-11,14,25H,12-13,15H2,1H3. The highest BCUT2D eigenvalue weighted by Crippen LogP contribution is 2.30. The van der Waals surface area contributed by atoms with Crippen LogP contribution >= 0.6 is 11.6 Å². The quantitative estimate of drug-likeness (QED) is 0.642. The second kappa shape index (κ2) is 8.22. The first kappa shape index (κ1) is 20.6. The van der Waals surface area contributed by atoms with Gasteiger partial charge in [0.15, 0.2) is 0 Å². The average molecular weight is 441 g/mol. The van der Waals surface area contributed by atoms with Crippen LogP contribution in [0.2, 0.25) is 5.02 Å². The SMILES string of the molecule is Cc1ccc(C(=O)N2CCc3ccc(CNS(=O)(=O)c4ccc(Cl)cc4)cc32)cc1. The van der Waals surface area contributed by atoms with Crippen LogP contribution in [0.15, 0.2) is 71.6 Å². The van der Waals surface area contributed by atoms with Gasteiger partial charge in [-0.3, -0.25) is 4.79 Å². The number of nitrogens with zero attached hydrogens (tertiary/aromatic N) is 1. The predicted octanol–water partition coefficient (Wildman–Crippen LogP) is 4.33. The summed E-state index contributed by atoms with van der Waals surface area (Å²) >= 11 is 5.83. The summed E-state index contributed by atoms with van der Waals surface area (Å²) in [5.41, 5.74) is 4.45. The molecule has 3 aromatic carbocycles. The first-order valence-electron chi connectivity index (χ1n) is 9.59. The fourth-order valence-corrected chi connectivity index (χ4v) is 4.62. The van der Waals surface area contributed by atoms with E-state index in [1.54, 1.807) is 17.0 Å². The van der Waals surface area contributed by atoms with Gasteiger partial charge in [0.2, 0.25) is 10.0 Å². The van der Waals surface area contributed by atoms with Gasteiger partial charge >= 0.3 is 0 Å². The highest BCUT2D eigenvalue weighted by atomic mass is 35.5. The minimum Gasteiger partial charge on any atom is -0.308 e. The van der Waals surface area contributed by atoms with Gasteiger partial charge in [-0.15, -0.1) is 0 Å². The van der Waals surface area contributed by atoms with E-state index in [1.165, 1.54) is 12.1 Å². The minimum absolute atomic E-state index is 0.0485. The third kappa shape index (κ3) is 4.26. The van der Waals surface area contributed by atoms with Crippen molar-refractivity contribution in [2.75, 3.05) is 11.4 Å². The number of amides is 1. The summed E-state index contributed by atoms with van der Waals surface area (Å²) in [6, 6.07) is 19.3. The Kier molecular flexibility index (Phi) is 5.64. The maximum absolute atomic E-state index is 13.0. The molecule has 0 fully saturated rings. The van der Waals surface area contributed by atoms with E-state index >= 15 is 0 Å². The largest absolute Gasteiger partial charge is 0.308 e. The molecule has 154 valence electrons. The molecule has 0 aromatic heterocycles. The van der Waals surface area contributed by atoms with E-state index in [9.17, 15) is 13.2 Å². The van der Waals surface area contributed by atoms with Gasteiger partial charge in [-0.25, -0.2) is 13.1 Å². The number of aryl methyl sites for hydroxylation is 1. The minimum atomic E-state index is -3.66. The second-order valence-corrected chi connectivity index (χ2v) is 9.52. The molecular weight excluding hydrogens is 420 g/mol. The van der Waals surface area contributed by atoms with Crippen LogP contribution in [0.4, 0.5) is 5.69 Å². The zero-order valence-electron chi connectivity index (χ0n) is 16.4. The summed E-state index contributed by atoms with van der Waals surface area (Å²) in [6.07, 6.45) is 0.781. The number of benzene rings is 3. The maximum atomic E-state index is 13.0. The van der Waals surface area contributed by atoms with Crippen LogP contribution in [-0.2, 0) is 23.0 Å². The molecule has 5 nitrogen and oxygen atoms in total. The fourth-order valence-electron chi connectivity index (χ4n) is 3.47. The molecule has 0 saturated carbocycles. The molecule has 0 aliphatic carbocycles. The number of anilines is 1. The van der Waals surface area contributed by atoms with Crippen LogP contribution < -0.4 is 9.62 Å². The molecule has 1 aliphatic rings. The summed E-state index contributed by atoms with van der Waals surface area (Å²) in [5, 5.41) is 0.478. The normalized spacial score (nSPS) is 13.3. The van der Waals surface area contributed by atoms with Crippen LogP contribution in [0.3, 0.4) is 0 Å². The lowest BCUT2D eigenvalue weighted by Gasteiger charge is -2.18. The number of halogens is 1. The summed E-state index contributed by atoms with van der Waals surface area (Å²) < 4.78 is 27.6. The molecular formula is C23H21ClN2O3S. The van der Waals surface area contributed by atoms with Gasteiger partial charge in [0.1, 0.15) is 0 Å². The lowest BCUT2D eigenvalue weighted by molar-refractivity contribution is 0.0989. The summed E-state index contributed by atoms with van der Waals surface area (Å²) in [6.45, 7) is 2.73. The molecule has 1 heterocycles. The van der Waals surface area contributed by atoms with Gasteiger partial charge in [-0.05, 0) is 66.9 Å². The van der Waals surface area contributed by atoms with Crippen LogP contribution in [0.25, 0.3) is 0 Å². The van der Waals surface area contributed by atoms with E-state index in [0.29, 0.717) is 17.1 Å². The van der Waals surface area contributed by atoms with Crippen molar-refractivity contribution in [3.63, 3.8) is 0 Å². The summed E-state index contributed by atoms with van der Waals surface area (Å²) in [4.78, 5) is 14.9. The number of hydrogen-bond donors (Lipinski definition) is 1. The third-order valence-corrected chi connectivity index (χ3v) is 6.85. The molecule has 0 bridgehead atoms. The molecule has 4 rings (SSSR count). The number of nitrogens with one attached hydrogen (secondary N) is 1. The average Bonchev–Trinajstić information content (AvgIpc) is 3.16. The van der Waals surface area contributed by atoms with Crippen molar-refractivity contribution in [2.24, 2.45) is 0 Å². The van der Waals surface area contributed by atoms with Crippen molar-refractivity contribution in [1.29, 1.82) is 0 Å². The van der Waals surface area contributed by atoms with Crippen molar-refractivity contribution in [3.8, 4) is 0 Å². The molecule has 7 heteroatoms. The van der Waals surface area contributed by atoms with Gasteiger partial charge in [0.05, 0.1) is 4.90 Å². The summed E-state index contributed by atoms with van der Waals surface area (Å²) in [5.74, 6) is -0.0485. The Hall–Kier alpha value is -2.67. The van der Waals surface area contributed by atoms with Crippen LogP contribution in [0.1, 0.15) is 27.0 Å². The van der Waals surface area contributed by atoms with Gasteiger partial charge in [-0.2, -0.15) is 0 Å². The Balaban J connectivity index is 1.52. The molecule has 30 heavy (non-hydrogen) atoms. The Morgan fingerprint density at radius 1 is 1.03 bits per heavy atom. The zero-order valence-corrected chi connectivity index (χ0v) is 18.0. The van der Waals surface area contributed by atoms with Crippen molar-refractivity contribution in [2.45, 2.75) is 24.8 Å². The lowest BCUT2D eigenvalue weighted by atomic mass is 10.1. The van der Waals surface area contributed by atoms with Gasteiger partial charge in [0, 0.05) is 29.4 Å². The Morgan fingerprint density at radius 2 is 1.73 bits per heavy atom. The van der Waals surface area contributed by atoms with Crippen molar-refractivity contribution in [1.82, 2.24) is 4.72 Å². The molecule has 1 aliphatic heterocycles. The molecule has 0 spiro atoms. The molecule has 0 unspecified atom stereocenters. The predicted molar refractivity (Wildman–Crippen MR) is 118 cm³/mol. The van der Waals surface area contributed by atoms with Gasteiger partial charge < -0.3 is 4.90 Å². The van der Waals surface area contributed by atoms with E-state index in [-0.39, 0.29) is 17.3 Å². The highest BCUT2D eigenvalue weighted by Gasteiger charge is 2.26. The maximum Gasteiger partial charge on any atom is 0.258 e. The Labute approximate surface area is 181 Å². The zero-order chi connectivity index (χ0) is 21.3. The van der Waals surface area contributed by atoms with Crippen molar-refractivity contribution in [3.05, 3.63) is 94.0 Å². The molecule has 1 N–H and O–H groups in total. The monoisotopic (exact) mass is 440 g/mol. The summed E-state index contributed by atoms with van der Waals surface area (Å²) in [7, 11) is -3.66. The Morgan fingerprint density at radius 3 is 2.43 bits per heavy atom. The van der Waals surface area contributed by atoms with E-state index in [4.69, 9.17) is 11.6 Å². The van der Waals surface area contributed by atoms with Crippen molar-refractivity contribution < 1.29 is 13.2 Å². The molecule has 3 aromatic rings. The molecule has 0 atom stereocenters. The topological polar surface area (TPSA) is 66.5 Å². The fraction of sp³-hybridized carbons (Fsp3) is 0.174. The molecule has 1 amide bonds. The third-order valence-electron chi connectivity index (χ3n) is 5.18. The van der Waals surface area contributed by atoms with Crippen molar-refractivity contribution >= 4 is 33.2 Å². The van der Waals surface area contributed by atoms with Crippen LogP contribution in [0, 0.1) is 6.92 Å². The van der Waals surface area contributed by atoms with Crippen LogP contribution in [-0.4, -0.2) is 20.9 Å². The van der Waals surface area contributed by atoms with E-state index in [2.05, 4.69) is 4.72 Å².